The summed E-state index contributed by atoms with van der Waals surface area (Å²) < 4.78 is 5.03. The predicted octanol–water partition coefficient (Wildman–Crippen LogP) is 2.56. The number of benzene rings is 1. The van der Waals surface area contributed by atoms with E-state index in [-0.39, 0.29) is 5.97 Å². The van der Waals surface area contributed by atoms with Crippen molar-refractivity contribution in [3.05, 3.63) is 41.6 Å². The van der Waals surface area contributed by atoms with Crippen molar-refractivity contribution in [1.82, 2.24) is 10.2 Å². The van der Waals surface area contributed by atoms with Gasteiger partial charge in [-0.2, -0.15) is 5.10 Å². The van der Waals surface area contributed by atoms with Gasteiger partial charge in [0.05, 0.1) is 6.61 Å². The maximum atomic E-state index is 11.8. The Labute approximate surface area is 99.6 Å². The van der Waals surface area contributed by atoms with Crippen molar-refractivity contribution in [2.45, 2.75) is 13.8 Å². The molecule has 0 amide bonds. The van der Waals surface area contributed by atoms with Gasteiger partial charge in [0.25, 0.3) is 0 Å². The van der Waals surface area contributed by atoms with E-state index in [4.69, 9.17) is 4.74 Å². The summed E-state index contributed by atoms with van der Waals surface area (Å²) in [5, 5.41) is 6.99. The average Bonchev–Trinajstić information content (AvgIpc) is 2.73. The predicted molar refractivity (Wildman–Crippen MR) is 64.7 cm³/mol. The lowest BCUT2D eigenvalue weighted by Gasteiger charge is -2.03. The minimum Gasteiger partial charge on any atom is -0.462 e. The van der Waals surface area contributed by atoms with E-state index in [1.165, 1.54) is 0 Å². The second kappa shape index (κ2) is 4.82. The van der Waals surface area contributed by atoms with Crippen LogP contribution in [0.15, 0.2) is 30.3 Å². The van der Waals surface area contributed by atoms with E-state index in [9.17, 15) is 4.79 Å². The van der Waals surface area contributed by atoms with Crippen molar-refractivity contribution in [2.24, 2.45) is 0 Å². The molecule has 0 aliphatic heterocycles. The molecule has 1 aromatic carbocycles. The molecule has 1 aromatic heterocycles. The van der Waals surface area contributed by atoms with E-state index in [0.717, 1.165) is 11.3 Å². The number of hydrogen-bond donors (Lipinski definition) is 1. The Hall–Kier alpha value is -2.10. The minimum absolute atomic E-state index is 0.336. The average molecular weight is 230 g/mol. The number of nitrogens with zero attached hydrogens (tertiary/aromatic N) is 1. The fraction of sp³-hybridized carbons (Fsp3) is 0.231. The zero-order valence-electron chi connectivity index (χ0n) is 9.86. The summed E-state index contributed by atoms with van der Waals surface area (Å²) in [6, 6.07) is 9.58. The molecule has 0 aliphatic carbocycles. The largest absolute Gasteiger partial charge is 0.462 e. The Bertz CT molecular complexity index is 517. The number of carbonyl (C=O) groups is 1. The molecular formula is C13H14N2O2. The molecule has 0 aliphatic rings. The molecule has 17 heavy (non-hydrogen) atoms. The summed E-state index contributed by atoms with van der Waals surface area (Å²) in [7, 11) is 0. The van der Waals surface area contributed by atoms with Crippen LogP contribution < -0.4 is 0 Å². The quantitative estimate of drug-likeness (QED) is 0.824. The SMILES string of the molecule is CCOC(=O)c1c(-c2ccccc2)n[nH]c1C. The van der Waals surface area contributed by atoms with Gasteiger partial charge in [-0.25, -0.2) is 4.79 Å². The molecule has 0 spiro atoms. The van der Waals surface area contributed by atoms with Gasteiger partial charge in [0.2, 0.25) is 0 Å². The Morgan fingerprint density at radius 2 is 2.06 bits per heavy atom. The number of H-pyrrole nitrogens is 1. The van der Waals surface area contributed by atoms with Crippen molar-refractivity contribution in [3.8, 4) is 11.3 Å². The van der Waals surface area contributed by atoms with Crippen LogP contribution in [0.2, 0.25) is 0 Å². The van der Waals surface area contributed by atoms with E-state index < -0.39 is 0 Å². The number of ether oxygens (including phenoxy) is 1. The third-order valence-electron chi connectivity index (χ3n) is 2.47. The monoisotopic (exact) mass is 230 g/mol. The minimum atomic E-state index is -0.336. The van der Waals surface area contributed by atoms with Gasteiger partial charge in [-0.3, -0.25) is 5.10 Å². The van der Waals surface area contributed by atoms with Crippen LogP contribution in [0.5, 0.6) is 0 Å². The molecule has 4 heteroatoms. The third-order valence-corrected chi connectivity index (χ3v) is 2.47. The molecule has 4 nitrogen and oxygen atoms in total. The molecule has 0 saturated heterocycles. The Morgan fingerprint density at radius 1 is 1.35 bits per heavy atom. The zero-order chi connectivity index (χ0) is 12.3. The summed E-state index contributed by atoms with van der Waals surface area (Å²) in [5.41, 5.74) is 2.78. The lowest BCUT2D eigenvalue weighted by molar-refractivity contribution is 0.0526. The van der Waals surface area contributed by atoms with Crippen molar-refractivity contribution in [1.29, 1.82) is 0 Å². The summed E-state index contributed by atoms with van der Waals surface area (Å²) >= 11 is 0. The number of hydrogen-bond acceptors (Lipinski definition) is 3. The molecule has 0 fully saturated rings. The highest BCUT2D eigenvalue weighted by atomic mass is 16.5. The zero-order valence-corrected chi connectivity index (χ0v) is 9.86. The first-order valence-corrected chi connectivity index (χ1v) is 5.51. The molecule has 2 aromatic rings. The number of aryl methyl sites for hydroxylation is 1. The summed E-state index contributed by atoms with van der Waals surface area (Å²) in [6.45, 7) is 3.96. The van der Waals surface area contributed by atoms with Crippen LogP contribution in [0.4, 0.5) is 0 Å². The van der Waals surface area contributed by atoms with Gasteiger partial charge < -0.3 is 4.74 Å². The summed E-state index contributed by atoms with van der Waals surface area (Å²) in [6.07, 6.45) is 0. The smallest absolute Gasteiger partial charge is 0.342 e. The van der Waals surface area contributed by atoms with Gasteiger partial charge in [-0.15, -0.1) is 0 Å². The van der Waals surface area contributed by atoms with E-state index >= 15 is 0 Å². The highest BCUT2D eigenvalue weighted by Gasteiger charge is 2.19. The number of carbonyl (C=O) groups excluding carboxylic acids is 1. The molecule has 0 atom stereocenters. The van der Waals surface area contributed by atoms with Crippen LogP contribution in [0.3, 0.4) is 0 Å². The Morgan fingerprint density at radius 3 is 2.71 bits per heavy atom. The molecule has 0 saturated carbocycles. The molecule has 1 heterocycles. The van der Waals surface area contributed by atoms with E-state index in [1.807, 2.05) is 37.3 Å². The van der Waals surface area contributed by atoms with Crippen molar-refractivity contribution in [2.75, 3.05) is 6.61 Å². The van der Waals surface area contributed by atoms with Gasteiger partial charge in [0.1, 0.15) is 11.3 Å². The highest BCUT2D eigenvalue weighted by Crippen LogP contribution is 2.23. The molecule has 0 bridgehead atoms. The number of esters is 1. The first kappa shape index (κ1) is 11.4. The number of nitrogens with one attached hydrogen (secondary N) is 1. The van der Waals surface area contributed by atoms with Crippen LogP contribution in [0, 0.1) is 6.92 Å². The number of aromatic nitrogens is 2. The first-order chi connectivity index (χ1) is 8.24. The molecule has 88 valence electrons. The van der Waals surface area contributed by atoms with Gasteiger partial charge in [0.15, 0.2) is 0 Å². The lowest BCUT2D eigenvalue weighted by Crippen LogP contribution is -2.06. The van der Waals surface area contributed by atoms with E-state index in [0.29, 0.717) is 17.9 Å². The van der Waals surface area contributed by atoms with E-state index in [2.05, 4.69) is 10.2 Å². The van der Waals surface area contributed by atoms with Gasteiger partial charge in [-0.1, -0.05) is 30.3 Å². The first-order valence-electron chi connectivity index (χ1n) is 5.51. The van der Waals surface area contributed by atoms with Crippen LogP contribution >= 0.6 is 0 Å². The van der Waals surface area contributed by atoms with E-state index in [1.54, 1.807) is 6.92 Å². The summed E-state index contributed by atoms with van der Waals surface area (Å²) in [4.78, 5) is 11.8. The van der Waals surface area contributed by atoms with Gasteiger partial charge in [-0.05, 0) is 13.8 Å². The molecular weight excluding hydrogens is 216 g/mol. The summed E-state index contributed by atoms with van der Waals surface area (Å²) in [5.74, 6) is -0.336. The van der Waals surface area contributed by atoms with Crippen LogP contribution in [0.1, 0.15) is 23.0 Å². The number of aromatic amines is 1. The second-order valence-corrected chi connectivity index (χ2v) is 3.66. The fourth-order valence-corrected chi connectivity index (χ4v) is 1.69. The Balaban J connectivity index is 2.46. The fourth-order valence-electron chi connectivity index (χ4n) is 1.69. The highest BCUT2D eigenvalue weighted by molar-refractivity contribution is 5.97. The topological polar surface area (TPSA) is 55.0 Å². The van der Waals surface area contributed by atoms with Crippen LogP contribution in [-0.2, 0) is 4.74 Å². The van der Waals surface area contributed by atoms with Gasteiger partial charge in [0, 0.05) is 11.3 Å². The molecule has 0 unspecified atom stereocenters. The maximum Gasteiger partial charge on any atom is 0.342 e. The standard InChI is InChI=1S/C13H14N2O2/c1-3-17-13(16)11-9(2)14-15-12(11)10-7-5-4-6-8-10/h4-8H,3H2,1-2H3,(H,14,15). The third kappa shape index (κ3) is 2.20. The second-order valence-electron chi connectivity index (χ2n) is 3.66. The van der Waals surface area contributed by atoms with Crippen molar-refractivity contribution >= 4 is 5.97 Å². The van der Waals surface area contributed by atoms with Crippen molar-refractivity contribution < 1.29 is 9.53 Å². The van der Waals surface area contributed by atoms with Crippen LogP contribution in [-0.4, -0.2) is 22.8 Å². The van der Waals surface area contributed by atoms with Crippen molar-refractivity contribution in [3.63, 3.8) is 0 Å². The Kier molecular flexibility index (Phi) is 3.23. The van der Waals surface area contributed by atoms with Gasteiger partial charge >= 0.3 is 5.97 Å². The maximum absolute atomic E-state index is 11.8. The van der Waals surface area contributed by atoms with Crippen LogP contribution in [0.25, 0.3) is 11.3 Å². The number of rotatable bonds is 3. The molecule has 2 rings (SSSR count). The molecule has 0 radical (unpaired) electrons. The lowest BCUT2D eigenvalue weighted by atomic mass is 10.1. The molecule has 1 N–H and O–H groups in total. The normalized spacial score (nSPS) is 10.2.